The smallest absolute Gasteiger partial charge is 0.410 e. The Hall–Kier alpha value is -4.43. The molecule has 3 aromatic rings. The number of carbonyl (C=O) groups is 1. The lowest BCUT2D eigenvalue weighted by molar-refractivity contribution is 0.0240. The molecule has 2 aliphatic rings. The second-order valence-corrected chi connectivity index (χ2v) is 11.9. The Bertz CT molecular complexity index is 1520. The summed E-state index contributed by atoms with van der Waals surface area (Å²) in [5.41, 5.74) is 3.55. The van der Waals surface area contributed by atoms with Crippen molar-refractivity contribution in [2.75, 3.05) is 41.7 Å². The van der Waals surface area contributed by atoms with Crippen molar-refractivity contribution in [2.45, 2.75) is 65.1 Å². The van der Waals surface area contributed by atoms with Gasteiger partial charge in [-0.3, -0.25) is 0 Å². The molecule has 42 heavy (non-hydrogen) atoms. The molecule has 2 aromatic heterocycles. The Morgan fingerprint density at radius 2 is 1.90 bits per heavy atom. The summed E-state index contributed by atoms with van der Waals surface area (Å²) in [5, 5.41) is 27.0. The summed E-state index contributed by atoms with van der Waals surface area (Å²) in [7, 11) is 0. The summed E-state index contributed by atoms with van der Waals surface area (Å²) in [5.74, 6) is 1.17. The summed E-state index contributed by atoms with van der Waals surface area (Å²) < 4.78 is 5.51. The number of ether oxygens (including phenoxy) is 1. The van der Waals surface area contributed by atoms with Crippen molar-refractivity contribution < 1.29 is 14.6 Å². The van der Waals surface area contributed by atoms with Gasteiger partial charge in [-0.05, 0) is 82.3 Å². The van der Waals surface area contributed by atoms with Crippen LogP contribution in [0.3, 0.4) is 0 Å². The van der Waals surface area contributed by atoms with Crippen LogP contribution in [0, 0.1) is 18.3 Å². The lowest BCUT2D eigenvalue weighted by atomic mass is 9.98. The van der Waals surface area contributed by atoms with Crippen molar-refractivity contribution in [3.05, 3.63) is 58.9 Å². The highest BCUT2D eigenvalue weighted by molar-refractivity contribution is 5.69. The number of nitriles is 1. The Morgan fingerprint density at radius 1 is 1.14 bits per heavy atom. The number of fused-ring (bicyclic) bond motifs is 1. The number of nitrogens with zero attached hydrogens (tertiary/aromatic N) is 6. The minimum absolute atomic E-state index is 0.274. The zero-order valence-corrected chi connectivity index (χ0v) is 24.9. The minimum Gasteiger partial charge on any atom is -0.444 e. The van der Waals surface area contributed by atoms with Gasteiger partial charge in [0.2, 0.25) is 5.95 Å². The topological polar surface area (TPSA) is 140 Å². The van der Waals surface area contributed by atoms with Crippen LogP contribution in [-0.2, 0) is 16.8 Å². The molecule has 1 saturated heterocycles. The molecule has 0 radical (unpaired) electrons. The Morgan fingerprint density at radius 3 is 2.57 bits per heavy atom. The lowest BCUT2D eigenvalue weighted by Gasteiger charge is -2.37. The number of aromatic nitrogens is 3. The molecule has 5 rings (SSSR count). The number of nitrogens with one attached hydrogen (secondary N) is 2. The van der Waals surface area contributed by atoms with E-state index in [9.17, 15) is 15.2 Å². The second-order valence-electron chi connectivity index (χ2n) is 11.9. The number of carbonyl (C=O) groups excluding carboxylic acids is 1. The predicted molar refractivity (Wildman–Crippen MR) is 161 cm³/mol. The highest BCUT2D eigenvalue weighted by Crippen LogP contribution is 2.39. The van der Waals surface area contributed by atoms with Gasteiger partial charge in [-0.2, -0.15) is 10.2 Å². The number of aryl methyl sites for hydroxylation is 2. The van der Waals surface area contributed by atoms with Crippen LogP contribution < -0.4 is 15.5 Å². The van der Waals surface area contributed by atoms with Crippen molar-refractivity contribution in [3.8, 4) is 6.07 Å². The number of aliphatic hydroxyl groups is 1. The molecule has 0 spiro atoms. The van der Waals surface area contributed by atoms with Gasteiger partial charge in [-0.25, -0.2) is 14.8 Å². The number of pyridine rings is 1. The van der Waals surface area contributed by atoms with Crippen LogP contribution in [0.5, 0.6) is 0 Å². The van der Waals surface area contributed by atoms with Crippen LogP contribution in [0.25, 0.3) is 0 Å². The lowest BCUT2D eigenvalue weighted by Crippen LogP contribution is -2.50. The van der Waals surface area contributed by atoms with Gasteiger partial charge < -0.3 is 30.3 Å². The number of anilines is 5. The SMILES string of the molecule is CCC1(O)CCc2ccc(Nc3nc(Nc4ccc(N5CCN(C(=O)OC(C)(C)C)CC5)c(C)c4)ncc3C#N)nc21. The van der Waals surface area contributed by atoms with Crippen molar-refractivity contribution in [3.63, 3.8) is 0 Å². The summed E-state index contributed by atoms with van der Waals surface area (Å²) in [6, 6.07) is 12.0. The van der Waals surface area contributed by atoms with E-state index >= 15 is 0 Å². The van der Waals surface area contributed by atoms with E-state index in [2.05, 4.69) is 36.6 Å². The zero-order valence-electron chi connectivity index (χ0n) is 24.9. The van der Waals surface area contributed by atoms with Gasteiger partial charge in [-0.1, -0.05) is 13.0 Å². The van der Waals surface area contributed by atoms with Crippen LogP contribution >= 0.6 is 0 Å². The molecule has 1 fully saturated rings. The number of hydrogen-bond donors (Lipinski definition) is 3. The minimum atomic E-state index is -0.931. The number of rotatable bonds is 6. The first-order valence-electron chi connectivity index (χ1n) is 14.4. The number of piperazine rings is 1. The van der Waals surface area contributed by atoms with Gasteiger partial charge in [0.1, 0.15) is 28.7 Å². The molecule has 1 aliphatic heterocycles. The van der Waals surface area contributed by atoms with Crippen LogP contribution in [0.15, 0.2) is 36.5 Å². The first-order valence-corrected chi connectivity index (χ1v) is 14.4. The van der Waals surface area contributed by atoms with Crippen molar-refractivity contribution in [1.82, 2.24) is 19.9 Å². The van der Waals surface area contributed by atoms with Gasteiger partial charge in [0.15, 0.2) is 5.82 Å². The Balaban J connectivity index is 1.27. The molecule has 1 unspecified atom stereocenters. The predicted octanol–water partition coefficient (Wildman–Crippen LogP) is 5.14. The quantitative estimate of drug-likeness (QED) is 0.365. The van der Waals surface area contributed by atoms with E-state index in [0.717, 1.165) is 28.9 Å². The van der Waals surface area contributed by atoms with E-state index < -0.39 is 11.2 Å². The highest BCUT2D eigenvalue weighted by Gasteiger charge is 2.36. The summed E-state index contributed by atoms with van der Waals surface area (Å²) in [6.45, 7) is 12.2. The molecule has 1 atom stereocenters. The maximum Gasteiger partial charge on any atom is 0.410 e. The first-order chi connectivity index (χ1) is 20.0. The number of amides is 1. The molecule has 3 N–H and O–H groups in total. The Kier molecular flexibility index (Phi) is 7.93. The van der Waals surface area contributed by atoms with Crippen LogP contribution in [0.1, 0.15) is 62.9 Å². The largest absolute Gasteiger partial charge is 0.444 e. The van der Waals surface area contributed by atoms with E-state index in [0.29, 0.717) is 62.3 Å². The molecule has 220 valence electrons. The van der Waals surface area contributed by atoms with Gasteiger partial charge >= 0.3 is 6.09 Å². The van der Waals surface area contributed by atoms with E-state index in [1.54, 1.807) is 4.90 Å². The van der Waals surface area contributed by atoms with Gasteiger partial charge in [0.25, 0.3) is 0 Å². The maximum atomic E-state index is 12.4. The molecule has 11 heteroatoms. The van der Waals surface area contributed by atoms with E-state index in [1.165, 1.54) is 6.20 Å². The Labute approximate surface area is 246 Å². The fourth-order valence-electron chi connectivity index (χ4n) is 5.38. The highest BCUT2D eigenvalue weighted by atomic mass is 16.6. The monoisotopic (exact) mass is 570 g/mol. The molecule has 3 heterocycles. The standard InChI is InChI=1S/C31H38N8O3/c1-6-31(41)12-11-21-7-10-25(35-26(21)31)36-27-22(18-32)19-33-28(37-27)34-23-8-9-24(20(2)17-23)38-13-15-39(16-14-38)29(40)42-30(3,4)5/h7-10,17,19,41H,6,11-16H2,1-5H3,(H2,33,34,35,36,37). The fraction of sp³-hybridized carbons (Fsp3) is 0.452. The van der Waals surface area contributed by atoms with Crippen molar-refractivity contribution in [2.24, 2.45) is 0 Å². The molecular weight excluding hydrogens is 532 g/mol. The normalized spacial score (nSPS) is 18.3. The molecule has 0 bridgehead atoms. The van der Waals surface area contributed by atoms with E-state index in [-0.39, 0.29) is 11.7 Å². The second kappa shape index (κ2) is 11.4. The summed E-state index contributed by atoms with van der Waals surface area (Å²) >= 11 is 0. The molecular formula is C31H38N8O3. The average molecular weight is 571 g/mol. The van der Waals surface area contributed by atoms with Gasteiger partial charge in [0.05, 0.1) is 11.9 Å². The third kappa shape index (κ3) is 6.24. The third-order valence-corrected chi connectivity index (χ3v) is 7.69. The van der Waals surface area contributed by atoms with Crippen molar-refractivity contribution in [1.29, 1.82) is 5.26 Å². The first kappa shape index (κ1) is 29.1. The molecule has 1 aromatic carbocycles. The van der Waals surface area contributed by atoms with Crippen LogP contribution in [0.4, 0.5) is 33.8 Å². The van der Waals surface area contributed by atoms with Gasteiger partial charge in [-0.15, -0.1) is 0 Å². The van der Waals surface area contributed by atoms with Crippen LogP contribution in [0.2, 0.25) is 0 Å². The third-order valence-electron chi connectivity index (χ3n) is 7.69. The van der Waals surface area contributed by atoms with E-state index in [4.69, 9.17) is 4.74 Å². The van der Waals surface area contributed by atoms with E-state index in [1.807, 2.05) is 65.0 Å². The summed E-state index contributed by atoms with van der Waals surface area (Å²) in [4.78, 5) is 30.0. The number of benzene rings is 1. The maximum absolute atomic E-state index is 12.4. The fourth-order valence-corrected chi connectivity index (χ4v) is 5.38. The molecule has 0 saturated carbocycles. The molecule has 1 aliphatic carbocycles. The molecule has 1 amide bonds. The average Bonchev–Trinajstić information content (AvgIpc) is 3.29. The summed E-state index contributed by atoms with van der Waals surface area (Å²) in [6.07, 6.45) is 3.23. The van der Waals surface area contributed by atoms with Gasteiger partial charge in [0, 0.05) is 37.6 Å². The van der Waals surface area contributed by atoms with Crippen LogP contribution in [-0.4, -0.2) is 62.8 Å². The zero-order chi connectivity index (χ0) is 30.1. The van der Waals surface area contributed by atoms with Crippen molar-refractivity contribution >= 4 is 35.1 Å². The number of hydrogen-bond acceptors (Lipinski definition) is 10. The molecule has 11 nitrogen and oxygen atoms in total.